The van der Waals surface area contributed by atoms with Gasteiger partial charge in [0.2, 0.25) is 5.82 Å². The molecule has 0 radical (unpaired) electrons. The van der Waals surface area contributed by atoms with E-state index in [1.54, 1.807) is 11.8 Å². The third-order valence-electron chi connectivity index (χ3n) is 1.97. The Morgan fingerprint density at radius 3 is 2.67 bits per heavy atom. The quantitative estimate of drug-likeness (QED) is 0.868. The molecule has 0 saturated heterocycles. The van der Waals surface area contributed by atoms with Gasteiger partial charge in [-0.25, -0.2) is 9.97 Å². The van der Waals surface area contributed by atoms with Crippen LogP contribution in [0.3, 0.4) is 0 Å². The maximum atomic E-state index is 12.5. The highest BCUT2D eigenvalue weighted by Crippen LogP contribution is 2.27. The molecule has 102 valence electrons. The molecule has 0 aliphatic heterocycles. The summed E-state index contributed by atoms with van der Waals surface area (Å²) in [5.41, 5.74) is 5.34. The molecule has 8 heteroatoms. The Bertz CT molecular complexity index is 397. The Labute approximate surface area is 108 Å². The summed E-state index contributed by atoms with van der Waals surface area (Å²) in [7, 11) is 0. The first-order chi connectivity index (χ1) is 8.32. The molecule has 1 aromatic heterocycles. The molecule has 0 fully saturated rings. The van der Waals surface area contributed by atoms with Crippen LogP contribution in [0.2, 0.25) is 0 Å². The number of nitrogens with zero attached hydrogens (tertiary/aromatic N) is 2. The van der Waals surface area contributed by atoms with Gasteiger partial charge in [0.05, 0.1) is 0 Å². The first-order valence-corrected chi connectivity index (χ1v) is 6.54. The van der Waals surface area contributed by atoms with Gasteiger partial charge in [-0.3, -0.25) is 0 Å². The zero-order valence-electron chi connectivity index (χ0n) is 10.1. The lowest BCUT2D eigenvalue weighted by Crippen LogP contribution is -2.21. The number of aromatic nitrogens is 2. The fourth-order valence-corrected chi connectivity index (χ4v) is 1.93. The van der Waals surface area contributed by atoms with Crippen LogP contribution >= 0.6 is 11.8 Å². The van der Waals surface area contributed by atoms with Crippen LogP contribution in [0, 0.1) is 0 Å². The molecule has 1 unspecified atom stereocenters. The van der Waals surface area contributed by atoms with Crippen molar-refractivity contribution >= 4 is 23.4 Å². The maximum absolute atomic E-state index is 12.5. The summed E-state index contributed by atoms with van der Waals surface area (Å²) in [6, 6.07) is 1.30. The van der Waals surface area contributed by atoms with E-state index in [0.717, 1.165) is 11.5 Å². The second kappa shape index (κ2) is 6.12. The summed E-state index contributed by atoms with van der Waals surface area (Å²) in [5, 5.41) is 2.88. The van der Waals surface area contributed by atoms with Gasteiger partial charge in [-0.15, -0.1) is 0 Å². The number of nitrogens with one attached hydrogen (secondary N) is 1. The van der Waals surface area contributed by atoms with Gasteiger partial charge in [-0.2, -0.15) is 24.9 Å². The highest BCUT2D eigenvalue weighted by Gasteiger charge is 2.35. The Kier molecular flexibility index (Phi) is 5.06. The number of hydrogen-bond donors (Lipinski definition) is 2. The molecule has 0 spiro atoms. The number of halogens is 3. The minimum atomic E-state index is -4.59. The van der Waals surface area contributed by atoms with Crippen molar-refractivity contribution in [1.82, 2.24) is 9.97 Å². The van der Waals surface area contributed by atoms with E-state index in [-0.39, 0.29) is 17.7 Å². The molecule has 4 nitrogen and oxygen atoms in total. The second-order valence-electron chi connectivity index (χ2n) is 3.70. The smallest absolute Gasteiger partial charge is 0.384 e. The average molecular weight is 280 g/mol. The van der Waals surface area contributed by atoms with E-state index in [2.05, 4.69) is 15.3 Å². The van der Waals surface area contributed by atoms with Crippen LogP contribution in [0.25, 0.3) is 0 Å². The molecule has 18 heavy (non-hydrogen) atoms. The molecule has 1 heterocycles. The highest BCUT2D eigenvalue weighted by molar-refractivity contribution is 7.99. The third kappa shape index (κ3) is 4.59. The van der Waals surface area contributed by atoms with Crippen LogP contribution < -0.4 is 11.1 Å². The van der Waals surface area contributed by atoms with Gasteiger partial charge < -0.3 is 11.1 Å². The summed E-state index contributed by atoms with van der Waals surface area (Å²) in [6.07, 6.45) is -4.59. The van der Waals surface area contributed by atoms with Gasteiger partial charge in [0.25, 0.3) is 0 Å². The average Bonchev–Trinajstić information content (AvgIpc) is 2.24. The van der Waals surface area contributed by atoms with Crippen LogP contribution in [0.4, 0.5) is 24.8 Å². The van der Waals surface area contributed by atoms with Crippen LogP contribution in [0.1, 0.15) is 19.7 Å². The number of nitrogens with two attached hydrogens (primary N) is 1. The topological polar surface area (TPSA) is 63.8 Å². The van der Waals surface area contributed by atoms with E-state index in [4.69, 9.17) is 5.73 Å². The number of hydrogen-bond acceptors (Lipinski definition) is 5. The second-order valence-corrected chi connectivity index (χ2v) is 5.02. The minimum absolute atomic E-state index is 0.00494. The molecule has 1 rings (SSSR count). The molecule has 1 aromatic rings. The van der Waals surface area contributed by atoms with Crippen molar-refractivity contribution in [2.75, 3.05) is 22.6 Å². The summed E-state index contributed by atoms with van der Waals surface area (Å²) in [6.45, 7) is 3.88. The fraction of sp³-hybridized carbons (Fsp3) is 0.600. The number of alkyl halides is 3. The molecule has 1 atom stereocenters. The molecule has 0 aliphatic rings. The molecule has 0 amide bonds. The summed E-state index contributed by atoms with van der Waals surface area (Å²) >= 11 is 1.69. The van der Waals surface area contributed by atoms with E-state index in [0.29, 0.717) is 0 Å². The van der Waals surface area contributed by atoms with E-state index in [9.17, 15) is 13.2 Å². The Morgan fingerprint density at radius 1 is 1.44 bits per heavy atom. The first-order valence-electron chi connectivity index (χ1n) is 5.39. The van der Waals surface area contributed by atoms with Gasteiger partial charge in [0.15, 0.2) is 0 Å². The fourth-order valence-electron chi connectivity index (χ4n) is 1.26. The molecule has 0 aromatic carbocycles. The van der Waals surface area contributed by atoms with Crippen LogP contribution in [0.15, 0.2) is 6.07 Å². The molecule has 0 aliphatic carbocycles. The number of thioether (sulfide) groups is 1. The normalized spacial score (nSPS) is 13.4. The third-order valence-corrected chi connectivity index (χ3v) is 3.11. The zero-order valence-corrected chi connectivity index (χ0v) is 10.9. The summed E-state index contributed by atoms with van der Waals surface area (Å²) < 4.78 is 37.4. The SMILES string of the molecule is CCSCC(C)Nc1cc(N)nc(C(F)(F)F)n1. The largest absolute Gasteiger partial charge is 0.451 e. The van der Waals surface area contributed by atoms with Gasteiger partial charge in [-0.1, -0.05) is 6.92 Å². The monoisotopic (exact) mass is 280 g/mol. The summed E-state index contributed by atoms with van der Waals surface area (Å²) in [5.74, 6) is 0.405. The number of nitrogen functional groups attached to an aromatic ring is 1. The Balaban J connectivity index is 2.80. The molecular formula is C10H15F3N4S. The molecule has 0 bridgehead atoms. The zero-order chi connectivity index (χ0) is 13.8. The molecule has 3 N–H and O–H groups in total. The van der Waals surface area contributed by atoms with E-state index < -0.39 is 12.0 Å². The standard InChI is InChI=1S/C10H15F3N4S/c1-3-18-5-6(2)15-8-4-7(14)16-9(17-8)10(11,12)13/h4,6H,3,5H2,1-2H3,(H3,14,15,16,17). The number of rotatable bonds is 5. The van der Waals surface area contributed by atoms with Gasteiger partial charge in [-0.05, 0) is 12.7 Å². The molecular weight excluding hydrogens is 265 g/mol. The Morgan fingerprint density at radius 2 is 2.11 bits per heavy atom. The van der Waals surface area contributed by atoms with Crippen molar-refractivity contribution in [2.24, 2.45) is 0 Å². The number of anilines is 2. The predicted molar refractivity (Wildman–Crippen MR) is 67.5 cm³/mol. The van der Waals surface area contributed by atoms with Gasteiger partial charge in [0, 0.05) is 17.9 Å². The van der Waals surface area contributed by atoms with E-state index in [1.807, 2.05) is 13.8 Å². The maximum Gasteiger partial charge on any atom is 0.451 e. The van der Waals surface area contributed by atoms with Crippen molar-refractivity contribution in [3.63, 3.8) is 0 Å². The lowest BCUT2D eigenvalue weighted by Gasteiger charge is -2.15. The van der Waals surface area contributed by atoms with Crippen molar-refractivity contribution < 1.29 is 13.2 Å². The van der Waals surface area contributed by atoms with Crippen molar-refractivity contribution in [1.29, 1.82) is 0 Å². The lowest BCUT2D eigenvalue weighted by atomic mass is 10.4. The van der Waals surface area contributed by atoms with Crippen LogP contribution in [0.5, 0.6) is 0 Å². The van der Waals surface area contributed by atoms with Crippen LogP contribution in [-0.4, -0.2) is 27.5 Å². The first kappa shape index (κ1) is 14.9. The highest BCUT2D eigenvalue weighted by atomic mass is 32.2. The van der Waals surface area contributed by atoms with Crippen LogP contribution in [-0.2, 0) is 6.18 Å². The van der Waals surface area contributed by atoms with Gasteiger partial charge in [0.1, 0.15) is 11.6 Å². The summed E-state index contributed by atoms with van der Waals surface area (Å²) in [4.78, 5) is 6.59. The lowest BCUT2D eigenvalue weighted by molar-refractivity contribution is -0.144. The molecule has 0 saturated carbocycles. The van der Waals surface area contributed by atoms with E-state index >= 15 is 0 Å². The predicted octanol–water partition coefficient (Wildman–Crippen LogP) is 2.63. The van der Waals surface area contributed by atoms with Crippen molar-refractivity contribution in [3.05, 3.63) is 11.9 Å². The van der Waals surface area contributed by atoms with Crippen molar-refractivity contribution in [3.8, 4) is 0 Å². The van der Waals surface area contributed by atoms with Gasteiger partial charge >= 0.3 is 6.18 Å². The van der Waals surface area contributed by atoms with Crippen molar-refractivity contribution in [2.45, 2.75) is 26.1 Å². The minimum Gasteiger partial charge on any atom is -0.384 e. The van der Waals surface area contributed by atoms with E-state index in [1.165, 1.54) is 6.07 Å². The Hall–Kier alpha value is -1.18.